The molecule has 0 unspecified atom stereocenters. The quantitative estimate of drug-likeness (QED) is 0.495. The highest BCUT2D eigenvalue weighted by molar-refractivity contribution is 7.80. The molecule has 5 nitrogen and oxygen atoms in total. The van der Waals surface area contributed by atoms with Gasteiger partial charge in [0, 0.05) is 18.8 Å². The van der Waals surface area contributed by atoms with Gasteiger partial charge in [-0.25, -0.2) is 0 Å². The SMILES string of the molecule is CCc1ccc(NC(=S)NNC(=S)NC[C@H]2CCCO2)cc1. The van der Waals surface area contributed by atoms with Gasteiger partial charge < -0.3 is 15.4 Å². The molecule has 120 valence electrons. The number of rotatable bonds is 4. The predicted octanol–water partition coefficient (Wildman–Crippen LogP) is 2.09. The van der Waals surface area contributed by atoms with Crippen molar-refractivity contribution in [2.24, 2.45) is 0 Å². The van der Waals surface area contributed by atoms with Crippen LogP contribution in [0, 0.1) is 0 Å². The summed E-state index contributed by atoms with van der Waals surface area (Å²) in [4.78, 5) is 0. The van der Waals surface area contributed by atoms with E-state index < -0.39 is 0 Å². The van der Waals surface area contributed by atoms with Crippen molar-refractivity contribution in [3.63, 3.8) is 0 Å². The number of hydrogen-bond donors (Lipinski definition) is 4. The van der Waals surface area contributed by atoms with Crippen molar-refractivity contribution < 1.29 is 4.74 Å². The molecule has 0 amide bonds. The molecule has 1 aromatic rings. The van der Waals surface area contributed by atoms with E-state index in [2.05, 4.69) is 40.5 Å². The van der Waals surface area contributed by atoms with E-state index in [1.807, 2.05) is 12.1 Å². The minimum atomic E-state index is 0.252. The lowest BCUT2D eigenvalue weighted by molar-refractivity contribution is 0.114. The van der Waals surface area contributed by atoms with Crippen LogP contribution in [0.2, 0.25) is 0 Å². The normalized spacial score (nSPS) is 16.9. The lowest BCUT2D eigenvalue weighted by atomic mass is 10.1. The summed E-state index contributed by atoms with van der Waals surface area (Å²) in [5, 5.41) is 7.16. The number of hydrazine groups is 1. The maximum atomic E-state index is 5.52. The topological polar surface area (TPSA) is 57.3 Å². The van der Waals surface area contributed by atoms with Crippen LogP contribution < -0.4 is 21.5 Å². The summed E-state index contributed by atoms with van der Waals surface area (Å²) in [7, 11) is 0. The predicted molar refractivity (Wildman–Crippen MR) is 97.9 cm³/mol. The molecule has 0 spiro atoms. The Morgan fingerprint density at radius 2 is 1.91 bits per heavy atom. The number of nitrogens with one attached hydrogen (secondary N) is 4. The molecular formula is C15H22N4OS2. The van der Waals surface area contributed by atoms with Gasteiger partial charge in [-0.2, -0.15) is 0 Å². The van der Waals surface area contributed by atoms with Gasteiger partial charge in [0.2, 0.25) is 0 Å². The molecule has 1 aromatic carbocycles. The molecule has 0 saturated carbocycles. The number of benzene rings is 1. The second-order valence-electron chi connectivity index (χ2n) is 5.10. The van der Waals surface area contributed by atoms with Crippen LogP contribution >= 0.6 is 24.4 Å². The Balaban J connectivity index is 1.64. The fraction of sp³-hybridized carbons (Fsp3) is 0.467. The molecule has 4 N–H and O–H groups in total. The van der Waals surface area contributed by atoms with Crippen molar-refractivity contribution in [1.82, 2.24) is 16.2 Å². The number of ether oxygens (including phenoxy) is 1. The Morgan fingerprint density at radius 1 is 1.18 bits per heavy atom. The summed E-state index contributed by atoms with van der Waals surface area (Å²) in [6.45, 7) is 3.69. The van der Waals surface area contributed by atoms with Crippen molar-refractivity contribution in [2.45, 2.75) is 32.3 Å². The van der Waals surface area contributed by atoms with Gasteiger partial charge in [0.1, 0.15) is 0 Å². The third kappa shape index (κ3) is 5.75. The van der Waals surface area contributed by atoms with E-state index in [1.165, 1.54) is 5.56 Å². The van der Waals surface area contributed by atoms with E-state index in [0.717, 1.165) is 31.6 Å². The van der Waals surface area contributed by atoms with Crippen LogP contribution in [0.25, 0.3) is 0 Å². The average Bonchev–Trinajstić information content (AvgIpc) is 3.05. The van der Waals surface area contributed by atoms with Crippen molar-refractivity contribution >= 4 is 40.3 Å². The van der Waals surface area contributed by atoms with Crippen molar-refractivity contribution in [2.75, 3.05) is 18.5 Å². The van der Waals surface area contributed by atoms with Crippen molar-refractivity contribution in [3.05, 3.63) is 29.8 Å². The highest BCUT2D eigenvalue weighted by Gasteiger charge is 2.15. The fourth-order valence-corrected chi connectivity index (χ4v) is 2.46. The van der Waals surface area contributed by atoms with Gasteiger partial charge in [0.25, 0.3) is 0 Å². The monoisotopic (exact) mass is 338 g/mol. The minimum absolute atomic E-state index is 0.252. The summed E-state index contributed by atoms with van der Waals surface area (Å²) < 4.78 is 5.52. The Hall–Kier alpha value is -1.44. The van der Waals surface area contributed by atoms with E-state index in [-0.39, 0.29) is 6.10 Å². The van der Waals surface area contributed by atoms with Gasteiger partial charge in [-0.1, -0.05) is 19.1 Å². The van der Waals surface area contributed by atoms with Crippen LogP contribution in [0.5, 0.6) is 0 Å². The third-order valence-electron chi connectivity index (χ3n) is 3.42. The van der Waals surface area contributed by atoms with Crippen LogP contribution in [-0.2, 0) is 11.2 Å². The van der Waals surface area contributed by atoms with E-state index in [4.69, 9.17) is 29.2 Å². The van der Waals surface area contributed by atoms with E-state index >= 15 is 0 Å². The highest BCUT2D eigenvalue weighted by Crippen LogP contribution is 2.10. The molecule has 0 aromatic heterocycles. The molecule has 7 heteroatoms. The summed E-state index contributed by atoms with van der Waals surface area (Å²) in [6.07, 6.45) is 3.48. The van der Waals surface area contributed by atoms with Crippen LogP contribution in [0.4, 0.5) is 5.69 Å². The fourth-order valence-electron chi connectivity index (χ4n) is 2.16. The molecule has 1 aliphatic heterocycles. The lowest BCUT2D eigenvalue weighted by Gasteiger charge is -2.16. The number of thiocarbonyl (C=S) groups is 2. The van der Waals surface area contributed by atoms with Crippen LogP contribution in [0.15, 0.2) is 24.3 Å². The first-order valence-corrected chi connectivity index (χ1v) is 8.30. The molecule has 1 fully saturated rings. The smallest absolute Gasteiger partial charge is 0.189 e. The number of hydrogen-bond acceptors (Lipinski definition) is 3. The maximum absolute atomic E-state index is 5.52. The standard InChI is InChI=1S/C15H22N4OS2/c1-2-11-5-7-12(8-6-11)17-15(22)19-18-14(21)16-10-13-4-3-9-20-13/h5-8,13H,2-4,9-10H2,1H3,(H2,16,18,21)(H2,17,19,22)/t13-/m1/s1. The zero-order chi connectivity index (χ0) is 15.8. The van der Waals surface area contributed by atoms with Gasteiger partial charge in [-0.3, -0.25) is 10.9 Å². The first-order chi connectivity index (χ1) is 10.7. The highest BCUT2D eigenvalue weighted by atomic mass is 32.1. The summed E-state index contributed by atoms with van der Waals surface area (Å²) >= 11 is 10.4. The summed E-state index contributed by atoms with van der Waals surface area (Å²) in [5.41, 5.74) is 7.95. The average molecular weight is 339 g/mol. The van der Waals surface area contributed by atoms with E-state index in [0.29, 0.717) is 16.8 Å². The zero-order valence-electron chi connectivity index (χ0n) is 12.6. The second kappa shape index (κ2) is 8.87. The first-order valence-electron chi connectivity index (χ1n) is 7.48. The Bertz CT molecular complexity index is 501. The zero-order valence-corrected chi connectivity index (χ0v) is 14.3. The van der Waals surface area contributed by atoms with Crippen LogP contribution in [0.3, 0.4) is 0 Å². The Kier molecular flexibility index (Phi) is 6.82. The molecule has 1 aliphatic rings. The minimum Gasteiger partial charge on any atom is -0.376 e. The molecule has 2 rings (SSSR count). The van der Waals surface area contributed by atoms with Crippen molar-refractivity contribution in [1.29, 1.82) is 0 Å². The maximum Gasteiger partial charge on any atom is 0.189 e. The van der Waals surface area contributed by atoms with E-state index in [9.17, 15) is 0 Å². The van der Waals surface area contributed by atoms with E-state index in [1.54, 1.807) is 0 Å². The Labute approximate surface area is 142 Å². The second-order valence-corrected chi connectivity index (χ2v) is 5.92. The van der Waals surface area contributed by atoms with Crippen molar-refractivity contribution in [3.8, 4) is 0 Å². The molecule has 0 bridgehead atoms. The molecule has 1 heterocycles. The van der Waals surface area contributed by atoms with Gasteiger partial charge in [-0.15, -0.1) is 0 Å². The third-order valence-corrected chi connectivity index (χ3v) is 3.87. The number of anilines is 1. The van der Waals surface area contributed by atoms with Gasteiger partial charge in [0.05, 0.1) is 6.10 Å². The van der Waals surface area contributed by atoms with Gasteiger partial charge in [0.15, 0.2) is 10.2 Å². The molecule has 1 atom stereocenters. The molecule has 1 saturated heterocycles. The molecule has 22 heavy (non-hydrogen) atoms. The lowest BCUT2D eigenvalue weighted by Crippen LogP contribution is -2.49. The number of aryl methyl sites for hydroxylation is 1. The van der Waals surface area contributed by atoms with Gasteiger partial charge in [-0.05, 0) is 61.4 Å². The van der Waals surface area contributed by atoms with Gasteiger partial charge >= 0.3 is 0 Å². The Morgan fingerprint density at radius 3 is 2.55 bits per heavy atom. The van der Waals surface area contributed by atoms with Crippen LogP contribution in [-0.4, -0.2) is 29.5 Å². The molecular weight excluding hydrogens is 316 g/mol. The first kappa shape index (κ1) is 16.9. The molecule has 0 radical (unpaired) electrons. The largest absolute Gasteiger partial charge is 0.376 e. The summed E-state index contributed by atoms with van der Waals surface area (Å²) in [5.74, 6) is 0. The van der Waals surface area contributed by atoms with Crippen LogP contribution in [0.1, 0.15) is 25.3 Å². The molecule has 0 aliphatic carbocycles. The summed E-state index contributed by atoms with van der Waals surface area (Å²) in [6, 6.07) is 8.15.